The largest absolute Gasteiger partial charge is 0.480 e. The standard InChI is InChI=1S/C18H31NO14/c1-6(15(25)26)19-18(27)33-14-10(21)8(31-16(29-3)13(14)24)5-30-17-12(23)11(22)9(20)7(32-17)4-28-2/h6-14,16-17,20-24H,4-5H2,1-3H3,(H,19,27)(H,25,26)/t6-,7?,8?,9+,10+,11-,12?,13?,14-,16-,17-/m0/s1. The Morgan fingerprint density at radius 2 is 1.48 bits per heavy atom. The van der Waals surface area contributed by atoms with E-state index in [-0.39, 0.29) is 6.61 Å². The van der Waals surface area contributed by atoms with Crippen LogP contribution < -0.4 is 5.32 Å². The minimum absolute atomic E-state index is 0.106. The van der Waals surface area contributed by atoms with Crippen LogP contribution in [0, 0.1) is 0 Å². The summed E-state index contributed by atoms with van der Waals surface area (Å²) < 4.78 is 31.1. The highest BCUT2D eigenvalue weighted by molar-refractivity contribution is 5.79. The molecule has 0 bridgehead atoms. The van der Waals surface area contributed by atoms with Crippen molar-refractivity contribution >= 4 is 12.1 Å². The molecule has 0 aromatic rings. The summed E-state index contributed by atoms with van der Waals surface area (Å²) in [5.74, 6) is -1.33. The number of amides is 1. The molecule has 0 radical (unpaired) electrons. The Balaban J connectivity index is 2.05. The van der Waals surface area contributed by atoms with Gasteiger partial charge < -0.3 is 64.4 Å². The zero-order chi connectivity index (χ0) is 24.9. The number of methoxy groups -OCH3 is 2. The van der Waals surface area contributed by atoms with Gasteiger partial charge in [0.2, 0.25) is 0 Å². The third kappa shape index (κ3) is 6.69. The highest BCUT2D eigenvalue weighted by Crippen LogP contribution is 2.27. The molecule has 192 valence electrons. The van der Waals surface area contributed by atoms with Gasteiger partial charge in [0.05, 0.1) is 13.2 Å². The number of hydrogen-bond donors (Lipinski definition) is 7. The fourth-order valence-corrected chi connectivity index (χ4v) is 3.32. The first-order valence-electron chi connectivity index (χ1n) is 10.1. The molecule has 1 amide bonds. The predicted octanol–water partition coefficient (Wildman–Crippen LogP) is -3.88. The van der Waals surface area contributed by atoms with E-state index in [2.05, 4.69) is 0 Å². The normalized spacial score (nSPS) is 40.1. The molecule has 2 aliphatic rings. The molecule has 2 rings (SSSR count). The maximum Gasteiger partial charge on any atom is 0.408 e. The lowest BCUT2D eigenvalue weighted by molar-refractivity contribution is -0.328. The monoisotopic (exact) mass is 485 g/mol. The second-order valence-corrected chi connectivity index (χ2v) is 7.64. The Morgan fingerprint density at radius 1 is 0.879 bits per heavy atom. The molecule has 2 heterocycles. The number of alkyl carbamates (subject to hydrolysis) is 1. The molecule has 15 heteroatoms. The molecule has 0 saturated carbocycles. The van der Waals surface area contributed by atoms with Crippen molar-refractivity contribution in [2.75, 3.05) is 27.4 Å². The van der Waals surface area contributed by atoms with Crippen molar-refractivity contribution in [3.05, 3.63) is 0 Å². The van der Waals surface area contributed by atoms with Crippen LogP contribution in [0.15, 0.2) is 0 Å². The van der Waals surface area contributed by atoms with Gasteiger partial charge in [0.1, 0.15) is 48.8 Å². The Labute approximate surface area is 188 Å². The molecule has 0 aliphatic carbocycles. The van der Waals surface area contributed by atoms with Crippen LogP contribution in [-0.2, 0) is 33.2 Å². The third-order valence-corrected chi connectivity index (χ3v) is 5.25. The van der Waals surface area contributed by atoms with Gasteiger partial charge in [0.15, 0.2) is 18.7 Å². The average molecular weight is 485 g/mol. The van der Waals surface area contributed by atoms with Crippen molar-refractivity contribution in [3.8, 4) is 0 Å². The van der Waals surface area contributed by atoms with Gasteiger partial charge in [-0.2, -0.15) is 0 Å². The van der Waals surface area contributed by atoms with Crippen molar-refractivity contribution < 1.29 is 68.6 Å². The summed E-state index contributed by atoms with van der Waals surface area (Å²) in [5.41, 5.74) is 0. The highest BCUT2D eigenvalue weighted by atomic mass is 16.7. The number of carboxylic acids is 1. The van der Waals surface area contributed by atoms with Gasteiger partial charge in [-0.05, 0) is 6.92 Å². The van der Waals surface area contributed by atoms with E-state index in [4.69, 9.17) is 33.5 Å². The summed E-state index contributed by atoms with van der Waals surface area (Å²) in [7, 11) is 2.54. The molecule has 2 saturated heterocycles. The summed E-state index contributed by atoms with van der Waals surface area (Å²) in [6.45, 7) is 0.600. The lowest BCUT2D eigenvalue weighted by Crippen LogP contribution is -2.62. The molecule has 7 N–H and O–H groups in total. The van der Waals surface area contributed by atoms with E-state index in [1.54, 1.807) is 0 Å². The van der Waals surface area contributed by atoms with Crippen LogP contribution >= 0.6 is 0 Å². The molecular weight excluding hydrogens is 454 g/mol. The van der Waals surface area contributed by atoms with E-state index in [0.29, 0.717) is 0 Å². The smallest absolute Gasteiger partial charge is 0.408 e. The number of hydrogen-bond acceptors (Lipinski definition) is 13. The molecule has 33 heavy (non-hydrogen) atoms. The first-order chi connectivity index (χ1) is 15.5. The lowest BCUT2D eigenvalue weighted by Gasteiger charge is -2.43. The van der Waals surface area contributed by atoms with Crippen molar-refractivity contribution in [3.63, 3.8) is 0 Å². The van der Waals surface area contributed by atoms with Crippen molar-refractivity contribution in [2.24, 2.45) is 0 Å². The Hall–Kier alpha value is -1.66. The fraction of sp³-hybridized carbons (Fsp3) is 0.889. The van der Waals surface area contributed by atoms with Crippen LogP contribution in [0.25, 0.3) is 0 Å². The zero-order valence-corrected chi connectivity index (χ0v) is 18.2. The van der Waals surface area contributed by atoms with Crippen LogP contribution in [0.1, 0.15) is 6.92 Å². The van der Waals surface area contributed by atoms with E-state index in [0.717, 1.165) is 0 Å². The van der Waals surface area contributed by atoms with Crippen molar-refractivity contribution in [1.29, 1.82) is 0 Å². The van der Waals surface area contributed by atoms with Gasteiger partial charge >= 0.3 is 12.1 Å². The summed E-state index contributed by atoms with van der Waals surface area (Å²) in [5, 5.41) is 61.9. The first-order valence-corrected chi connectivity index (χ1v) is 10.1. The number of carbonyl (C=O) groups excluding carboxylic acids is 1. The van der Waals surface area contributed by atoms with Gasteiger partial charge in [-0.25, -0.2) is 4.79 Å². The summed E-state index contributed by atoms with van der Waals surface area (Å²) in [6, 6.07) is -1.30. The Bertz CT molecular complexity index is 652. The summed E-state index contributed by atoms with van der Waals surface area (Å²) in [6.07, 6.45) is -15.9. The molecule has 4 unspecified atom stereocenters. The maximum atomic E-state index is 12.0. The highest BCUT2D eigenvalue weighted by Gasteiger charge is 2.49. The van der Waals surface area contributed by atoms with E-state index in [1.165, 1.54) is 21.1 Å². The van der Waals surface area contributed by atoms with Gasteiger partial charge in [-0.15, -0.1) is 0 Å². The number of ether oxygens (including phenoxy) is 6. The lowest BCUT2D eigenvalue weighted by atomic mass is 9.98. The second-order valence-electron chi connectivity index (χ2n) is 7.64. The Kier molecular flexibility index (Phi) is 10.2. The van der Waals surface area contributed by atoms with E-state index < -0.39 is 86.1 Å². The van der Waals surface area contributed by atoms with Crippen molar-refractivity contribution in [2.45, 2.75) is 74.4 Å². The average Bonchev–Trinajstić information content (AvgIpc) is 2.77. The van der Waals surface area contributed by atoms with Gasteiger partial charge in [0, 0.05) is 14.2 Å². The molecule has 0 aromatic carbocycles. The molecule has 15 nitrogen and oxygen atoms in total. The minimum Gasteiger partial charge on any atom is -0.480 e. The third-order valence-electron chi connectivity index (χ3n) is 5.25. The number of aliphatic carboxylic acids is 1. The number of aliphatic hydroxyl groups is 5. The van der Waals surface area contributed by atoms with Crippen LogP contribution in [0.3, 0.4) is 0 Å². The Morgan fingerprint density at radius 3 is 2.06 bits per heavy atom. The second kappa shape index (κ2) is 12.2. The quantitative estimate of drug-likeness (QED) is 0.166. The van der Waals surface area contributed by atoms with Gasteiger partial charge in [-0.3, -0.25) is 4.79 Å². The number of aliphatic hydroxyl groups excluding tert-OH is 5. The van der Waals surface area contributed by atoms with Gasteiger partial charge in [-0.1, -0.05) is 0 Å². The van der Waals surface area contributed by atoms with E-state index >= 15 is 0 Å². The van der Waals surface area contributed by atoms with Gasteiger partial charge in [0.25, 0.3) is 0 Å². The summed E-state index contributed by atoms with van der Waals surface area (Å²) in [4.78, 5) is 22.9. The fourth-order valence-electron chi connectivity index (χ4n) is 3.32. The number of carbonyl (C=O) groups is 2. The number of nitrogens with one attached hydrogen (secondary N) is 1. The van der Waals surface area contributed by atoms with Crippen LogP contribution in [0.4, 0.5) is 4.79 Å². The molecule has 2 aliphatic heterocycles. The SMILES string of the molecule is COCC1O[C@H](OCC2O[C@H](OC)C(O)[C@@H](OC(=O)N[C@@H](C)C(=O)O)[C@@H]2O)C(O)[C@@H](O)[C@@H]1O. The molecule has 0 spiro atoms. The topological polar surface area (TPSA) is 223 Å². The zero-order valence-electron chi connectivity index (χ0n) is 18.2. The minimum atomic E-state index is -1.66. The number of carboxylic acid groups (broad SMARTS) is 1. The molecular formula is C18H31NO14. The molecule has 2 fully saturated rings. The van der Waals surface area contributed by atoms with E-state index in [9.17, 15) is 35.1 Å². The van der Waals surface area contributed by atoms with Crippen molar-refractivity contribution in [1.82, 2.24) is 5.32 Å². The predicted molar refractivity (Wildman–Crippen MR) is 103 cm³/mol. The maximum absolute atomic E-state index is 12.0. The molecule has 11 atom stereocenters. The van der Waals surface area contributed by atoms with Crippen LogP contribution in [0.5, 0.6) is 0 Å². The first kappa shape index (κ1) is 27.6. The van der Waals surface area contributed by atoms with E-state index in [1.807, 2.05) is 5.32 Å². The summed E-state index contributed by atoms with van der Waals surface area (Å²) >= 11 is 0. The molecule has 0 aromatic heterocycles. The number of rotatable bonds is 9. The van der Waals surface area contributed by atoms with Crippen LogP contribution in [-0.4, -0.2) is 138 Å². The van der Waals surface area contributed by atoms with Crippen LogP contribution in [0.2, 0.25) is 0 Å².